The van der Waals surface area contributed by atoms with Crippen LogP contribution >= 0.6 is 12.2 Å². The number of hydrazone groups is 1. The number of hydrogen-bond donors (Lipinski definition) is 2. The number of hydrogen-bond acceptors (Lipinski definition) is 5. The van der Waals surface area contributed by atoms with E-state index >= 15 is 0 Å². The minimum absolute atomic E-state index is 0.389. The molecular weight excluding hydrogens is 422 g/mol. The number of carbonyl (C=O) groups is 1. The summed E-state index contributed by atoms with van der Waals surface area (Å²) < 4.78 is 11.0. The number of thiocarbonyl (C=S) groups is 1. The number of ether oxygens (including phenoxy) is 2. The molecule has 0 aliphatic heterocycles. The lowest BCUT2D eigenvalue weighted by Gasteiger charge is -2.07. The predicted octanol–water partition coefficient (Wildman–Crippen LogP) is 5.41. The molecule has 3 rings (SSSR count). The Balaban J connectivity index is 1.47. The van der Waals surface area contributed by atoms with Crippen molar-refractivity contribution in [1.82, 2.24) is 5.43 Å². The third-order valence-electron chi connectivity index (χ3n) is 4.36. The molecule has 0 aliphatic rings. The van der Waals surface area contributed by atoms with Crippen LogP contribution in [-0.4, -0.2) is 23.9 Å². The van der Waals surface area contributed by atoms with Crippen LogP contribution in [0.1, 0.15) is 35.7 Å². The summed E-state index contributed by atoms with van der Waals surface area (Å²) in [5, 5.41) is 7.53. The van der Waals surface area contributed by atoms with Gasteiger partial charge in [0.25, 0.3) is 0 Å². The van der Waals surface area contributed by atoms with Crippen molar-refractivity contribution in [1.29, 1.82) is 0 Å². The quantitative estimate of drug-likeness (QED) is 0.114. The van der Waals surface area contributed by atoms with Gasteiger partial charge in [-0.2, -0.15) is 5.10 Å². The van der Waals surface area contributed by atoms with Crippen molar-refractivity contribution in [2.45, 2.75) is 19.8 Å². The van der Waals surface area contributed by atoms with Crippen LogP contribution in [0.4, 0.5) is 5.69 Å². The van der Waals surface area contributed by atoms with Crippen molar-refractivity contribution < 1.29 is 14.3 Å². The molecule has 0 bridgehead atoms. The highest BCUT2D eigenvalue weighted by Crippen LogP contribution is 2.16. The highest BCUT2D eigenvalue weighted by molar-refractivity contribution is 7.80. The fourth-order valence-electron chi connectivity index (χ4n) is 2.66. The van der Waals surface area contributed by atoms with Crippen LogP contribution in [0.5, 0.6) is 11.5 Å². The Hall–Kier alpha value is -3.71. The Labute approximate surface area is 193 Å². The summed E-state index contributed by atoms with van der Waals surface area (Å²) in [6.45, 7) is 2.78. The van der Waals surface area contributed by atoms with E-state index in [4.69, 9.17) is 21.7 Å². The molecule has 0 radical (unpaired) electrons. The van der Waals surface area contributed by atoms with Gasteiger partial charge in [0.2, 0.25) is 0 Å². The molecule has 32 heavy (non-hydrogen) atoms. The minimum atomic E-state index is -0.425. The van der Waals surface area contributed by atoms with E-state index in [-0.39, 0.29) is 0 Å². The van der Waals surface area contributed by atoms with Crippen LogP contribution < -0.4 is 20.2 Å². The molecular formula is C25H25N3O3S. The first kappa shape index (κ1) is 23.0. The number of nitrogens with one attached hydrogen (secondary N) is 2. The molecule has 0 saturated carbocycles. The van der Waals surface area contributed by atoms with Crippen LogP contribution in [0.25, 0.3) is 0 Å². The van der Waals surface area contributed by atoms with E-state index in [1.165, 1.54) is 0 Å². The number of esters is 1. The number of carbonyl (C=O) groups excluding carboxylic acids is 1. The summed E-state index contributed by atoms with van der Waals surface area (Å²) in [6.07, 6.45) is 3.70. The average Bonchev–Trinajstić information content (AvgIpc) is 2.81. The Morgan fingerprint density at radius 2 is 1.66 bits per heavy atom. The summed E-state index contributed by atoms with van der Waals surface area (Å²) in [7, 11) is 0. The van der Waals surface area contributed by atoms with E-state index in [0.29, 0.717) is 23.0 Å². The number of anilines is 1. The van der Waals surface area contributed by atoms with E-state index in [9.17, 15) is 4.79 Å². The molecule has 0 fully saturated rings. The van der Waals surface area contributed by atoms with Crippen LogP contribution in [0.3, 0.4) is 0 Å². The van der Waals surface area contributed by atoms with Gasteiger partial charge >= 0.3 is 5.97 Å². The molecule has 0 aromatic heterocycles. The first-order chi connectivity index (χ1) is 15.6. The molecule has 3 aromatic rings. The monoisotopic (exact) mass is 447 g/mol. The maximum Gasteiger partial charge on any atom is 0.343 e. The molecule has 0 unspecified atom stereocenters. The second-order valence-corrected chi connectivity index (χ2v) is 7.28. The number of nitrogens with zero attached hydrogens (tertiary/aromatic N) is 1. The van der Waals surface area contributed by atoms with Gasteiger partial charge in [0.15, 0.2) is 5.11 Å². The van der Waals surface area contributed by atoms with Gasteiger partial charge in [-0.3, -0.25) is 5.43 Å². The second-order valence-electron chi connectivity index (χ2n) is 6.88. The van der Waals surface area contributed by atoms with Crippen LogP contribution in [-0.2, 0) is 0 Å². The van der Waals surface area contributed by atoms with E-state index in [0.717, 1.165) is 29.8 Å². The van der Waals surface area contributed by atoms with E-state index in [1.807, 2.05) is 30.3 Å². The van der Waals surface area contributed by atoms with Crippen molar-refractivity contribution in [3.63, 3.8) is 0 Å². The molecule has 6 nitrogen and oxygen atoms in total. The normalized spacial score (nSPS) is 10.5. The molecule has 0 aliphatic carbocycles. The number of benzene rings is 3. The van der Waals surface area contributed by atoms with Crippen molar-refractivity contribution in [2.24, 2.45) is 5.10 Å². The molecule has 3 aromatic carbocycles. The Morgan fingerprint density at radius 1 is 0.969 bits per heavy atom. The van der Waals surface area contributed by atoms with Crippen molar-refractivity contribution in [3.05, 3.63) is 90.0 Å². The fourth-order valence-corrected chi connectivity index (χ4v) is 2.83. The van der Waals surface area contributed by atoms with E-state index in [2.05, 4.69) is 22.8 Å². The first-order valence-corrected chi connectivity index (χ1v) is 10.7. The maximum atomic E-state index is 12.3. The Bertz CT molecular complexity index is 1040. The van der Waals surface area contributed by atoms with Gasteiger partial charge in [0, 0.05) is 5.69 Å². The zero-order valence-electron chi connectivity index (χ0n) is 17.8. The van der Waals surface area contributed by atoms with Crippen molar-refractivity contribution in [2.75, 3.05) is 11.9 Å². The summed E-state index contributed by atoms with van der Waals surface area (Å²) in [6, 6.07) is 23.5. The zero-order valence-corrected chi connectivity index (χ0v) is 18.6. The Morgan fingerprint density at radius 3 is 2.34 bits per heavy atom. The summed E-state index contributed by atoms with van der Waals surface area (Å²) >= 11 is 5.20. The van der Waals surface area contributed by atoms with Gasteiger partial charge in [-0.25, -0.2) is 4.79 Å². The molecule has 164 valence electrons. The topological polar surface area (TPSA) is 72.0 Å². The highest BCUT2D eigenvalue weighted by Gasteiger charge is 2.09. The standard InChI is InChI=1S/C25H25N3O3S/c1-2-3-17-30-22-15-11-20(12-16-22)24(29)31-23-13-9-19(10-14-23)18-26-28-25(32)27-21-7-5-4-6-8-21/h4-16,18H,2-3,17H2,1H3,(H2,27,28,32). The van der Waals surface area contributed by atoms with Crippen LogP contribution in [0, 0.1) is 0 Å². The lowest BCUT2D eigenvalue weighted by Crippen LogP contribution is -2.23. The maximum absolute atomic E-state index is 12.3. The molecule has 0 saturated heterocycles. The van der Waals surface area contributed by atoms with Crippen molar-refractivity contribution in [3.8, 4) is 11.5 Å². The van der Waals surface area contributed by atoms with Crippen molar-refractivity contribution >= 4 is 35.2 Å². The smallest absolute Gasteiger partial charge is 0.343 e. The van der Waals surface area contributed by atoms with E-state index < -0.39 is 5.97 Å². The predicted molar refractivity (Wildman–Crippen MR) is 132 cm³/mol. The molecule has 2 N–H and O–H groups in total. The average molecular weight is 448 g/mol. The number of unbranched alkanes of at least 4 members (excludes halogenated alkanes) is 1. The molecule has 0 spiro atoms. The third-order valence-corrected chi connectivity index (χ3v) is 4.55. The van der Waals surface area contributed by atoms with Gasteiger partial charge in [0.1, 0.15) is 11.5 Å². The zero-order chi connectivity index (χ0) is 22.6. The Kier molecular flexibility index (Phi) is 8.77. The van der Waals surface area contributed by atoms with Gasteiger partial charge < -0.3 is 14.8 Å². The lowest BCUT2D eigenvalue weighted by molar-refractivity contribution is 0.0734. The molecule has 0 atom stereocenters. The third kappa shape index (κ3) is 7.52. The molecule has 7 heteroatoms. The molecule has 0 heterocycles. The first-order valence-electron chi connectivity index (χ1n) is 10.3. The lowest BCUT2D eigenvalue weighted by atomic mass is 10.2. The van der Waals surface area contributed by atoms with Gasteiger partial charge in [-0.1, -0.05) is 31.5 Å². The summed E-state index contributed by atoms with van der Waals surface area (Å²) in [5.74, 6) is 0.765. The van der Waals surface area contributed by atoms with Crippen LogP contribution in [0.2, 0.25) is 0 Å². The summed E-state index contributed by atoms with van der Waals surface area (Å²) in [5.41, 5.74) is 4.93. The van der Waals surface area contributed by atoms with Gasteiger partial charge in [-0.05, 0) is 84.9 Å². The second kappa shape index (κ2) is 12.2. The van der Waals surface area contributed by atoms with Crippen LogP contribution in [0.15, 0.2) is 84.0 Å². The number of para-hydroxylation sites is 1. The van der Waals surface area contributed by atoms with E-state index in [1.54, 1.807) is 54.7 Å². The highest BCUT2D eigenvalue weighted by atomic mass is 32.1. The largest absolute Gasteiger partial charge is 0.494 e. The fraction of sp³-hybridized carbons (Fsp3) is 0.160. The molecule has 0 amide bonds. The van der Waals surface area contributed by atoms with Gasteiger partial charge in [0.05, 0.1) is 18.4 Å². The minimum Gasteiger partial charge on any atom is -0.494 e. The van der Waals surface area contributed by atoms with Gasteiger partial charge in [-0.15, -0.1) is 0 Å². The summed E-state index contributed by atoms with van der Waals surface area (Å²) in [4.78, 5) is 12.3. The SMILES string of the molecule is CCCCOc1ccc(C(=O)Oc2ccc(C=NNC(=S)Nc3ccccc3)cc2)cc1. The number of rotatable bonds is 9.